The van der Waals surface area contributed by atoms with Crippen LogP contribution < -0.4 is 5.32 Å². The van der Waals surface area contributed by atoms with Crippen molar-refractivity contribution >= 4 is 0 Å². The van der Waals surface area contributed by atoms with Crippen LogP contribution in [0.1, 0.15) is 18.2 Å². The monoisotopic (exact) mass is 205 g/mol. The summed E-state index contributed by atoms with van der Waals surface area (Å²) in [6.07, 6.45) is 1.95. The lowest BCUT2D eigenvalue weighted by Gasteiger charge is -2.31. The molecule has 0 aromatic carbocycles. The molecule has 0 aliphatic carbocycles. The van der Waals surface area contributed by atoms with E-state index in [0.717, 1.165) is 26.2 Å². The van der Waals surface area contributed by atoms with Crippen molar-refractivity contribution in [2.24, 2.45) is 0 Å². The zero-order chi connectivity index (χ0) is 10.7. The highest BCUT2D eigenvalue weighted by molar-refractivity contribution is 5.12. The number of aromatic nitrogens is 1. The molecule has 1 fully saturated rings. The highest BCUT2D eigenvalue weighted by Crippen LogP contribution is 2.06. The minimum Gasteiger partial charge on any atom is -0.312 e. The van der Waals surface area contributed by atoms with Crippen LogP contribution in [0.4, 0.5) is 0 Å². The van der Waals surface area contributed by atoms with Crippen molar-refractivity contribution < 1.29 is 0 Å². The molecule has 2 heterocycles. The van der Waals surface area contributed by atoms with Gasteiger partial charge in [-0.1, -0.05) is 6.07 Å². The first-order chi connectivity index (χ1) is 7.24. The second kappa shape index (κ2) is 4.73. The van der Waals surface area contributed by atoms with Gasteiger partial charge in [0.15, 0.2) is 0 Å². The SMILES string of the molecule is Cc1ccc(CN2CCNC(C)C2)nc1. The van der Waals surface area contributed by atoms with Crippen LogP contribution in [0.2, 0.25) is 0 Å². The molecule has 1 aliphatic heterocycles. The maximum absolute atomic E-state index is 4.44. The van der Waals surface area contributed by atoms with Gasteiger partial charge >= 0.3 is 0 Å². The molecule has 1 unspecified atom stereocenters. The molecule has 0 radical (unpaired) electrons. The molecule has 1 aromatic rings. The molecule has 82 valence electrons. The molecule has 3 heteroatoms. The van der Waals surface area contributed by atoms with Gasteiger partial charge in [-0.2, -0.15) is 0 Å². The first kappa shape index (κ1) is 10.6. The van der Waals surface area contributed by atoms with Gasteiger partial charge in [0, 0.05) is 38.4 Å². The van der Waals surface area contributed by atoms with Crippen LogP contribution in [-0.2, 0) is 6.54 Å². The van der Waals surface area contributed by atoms with Crippen LogP contribution >= 0.6 is 0 Å². The fourth-order valence-electron chi connectivity index (χ4n) is 1.98. The molecule has 0 bridgehead atoms. The number of piperazine rings is 1. The first-order valence-electron chi connectivity index (χ1n) is 5.61. The molecule has 15 heavy (non-hydrogen) atoms. The molecular formula is C12H19N3. The Morgan fingerprint density at radius 2 is 2.40 bits per heavy atom. The van der Waals surface area contributed by atoms with E-state index in [-0.39, 0.29) is 0 Å². The zero-order valence-corrected chi connectivity index (χ0v) is 9.53. The summed E-state index contributed by atoms with van der Waals surface area (Å²) in [5, 5.41) is 3.44. The van der Waals surface area contributed by atoms with E-state index < -0.39 is 0 Å². The van der Waals surface area contributed by atoms with E-state index in [9.17, 15) is 0 Å². The minimum atomic E-state index is 0.601. The summed E-state index contributed by atoms with van der Waals surface area (Å²) in [4.78, 5) is 6.89. The van der Waals surface area contributed by atoms with Crippen LogP contribution in [-0.4, -0.2) is 35.6 Å². The van der Waals surface area contributed by atoms with Gasteiger partial charge < -0.3 is 5.32 Å². The summed E-state index contributed by atoms with van der Waals surface area (Å²) in [6.45, 7) is 8.62. The Labute approximate surface area is 91.5 Å². The fourth-order valence-corrected chi connectivity index (χ4v) is 1.98. The molecule has 1 saturated heterocycles. The third kappa shape index (κ3) is 3.01. The quantitative estimate of drug-likeness (QED) is 0.786. The van der Waals surface area contributed by atoms with E-state index in [4.69, 9.17) is 0 Å². The second-order valence-electron chi connectivity index (χ2n) is 4.42. The van der Waals surface area contributed by atoms with Crippen LogP contribution in [0.3, 0.4) is 0 Å². The van der Waals surface area contributed by atoms with Crippen LogP contribution in [0.25, 0.3) is 0 Å². The van der Waals surface area contributed by atoms with E-state index in [1.54, 1.807) is 0 Å². The van der Waals surface area contributed by atoms with Gasteiger partial charge in [0.2, 0.25) is 0 Å². The van der Waals surface area contributed by atoms with E-state index in [2.05, 4.69) is 41.2 Å². The number of rotatable bonds is 2. The van der Waals surface area contributed by atoms with Gasteiger partial charge in [-0.25, -0.2) is 0 Å². The lowest BCUT2D eigenvalue weighted by atomic mass is 10.2. The fraction of sp³-hybridized carbons (Fsp3) is 0.583. The van der Waals surface area contributed by atoms with Gasteiger partial charge in [0.25, 0.3) is 0 Å². The summed E-state index contributed by atoms with van der Waals surface area (Å²) in [5.74, 6) is 0. The largest absolute Gasteiger partial charge is 0.312 e. The Bertz CT molecular complexity index is 307. The Morgan fingerprint density at radius 3 is 3.07 bits per heavy atom. The average molecular weight is 205 g/mol. The molecule has 1 aromatic heterocycles. The minimum absolute atomic E-state index is 0.601. The molecule has 1 aliphatic rings. The number of aryl methyl sites for hydroxylation is 1. The van der Waals surface area contributed by atoms with Crippen molar-refractivity contribution in [2.75, 3.05) is 19.6 Å². The molecule has 1 atom stereocenters. The standard InChI is InChI=1S/C12H19N3/c1-10-3-4-12(14-7-10)9-15-6-5-13-11(2)8-15/h3-4,7,11,13H,5-6,8-9H2,1-2H3. The molecule has 0 spiro atoms. The molecular weight excluding hydrogens is 186 g/mol. The maximum atomic E-state index is 4.44. The lowest BCUT2D eigenvalue weighted by Crippen LogP contribution is -2.48. The Balaban J connectivity index is 1.93. The van der Waals surface area contributed by atoms with Crippen molar-refractivity contribution in [3.8, 4) is 0 Å². The summed E-state index contributed by atoms with van der Waals surface area (Å²) in [6, 6.07) is 4.86. The van der Waals surface area contributed by atoms with Crippen LogP contribution in [0.5, 0.6) is 0 Å². The number of hydrogen-bond acceptors (Lipinski definition) is 3. The van der Waals surface area contributed by atoms with E-state index in [1.807, 2.05) is 6.20 Å². The summed E-state index contributed by atoms with van der Waals surface area (Å²) >= 11 is 0. The maximum Gasteiger partial charge on any atom is 0.0544 e. The summed E-state index contributed by atoms with van der Waals surface area (Å²) < 4.78 is 0. The zero-order valence-electron chi connectivity index (χ0n) is 9.53. The predicted molar refractivity (Wildman–Crippen MR) is 61.7 cm³/mol. The van der Waals surface area contributed by atoms with E-state index in [1.165, 1.54) is 11.3 Å². The number of nitrogens with zero attached hydrogens (tertiary/aromatic N) is 2. The predicted octanol–water partition coefficient (Wildman–Crippen LogP) is 1.18. The molecule has 3 nitrogen and oxygen atoms in total. The van der Waals surface area contributed by atoms with Crippen LogP contribution in [0, 0.1) is 6.92 Å². The third-order valence-corrected chi connectivity index (χ3v) is 2.81. The average Bonchev–Trinajstić information content (AvgIpc) is 2.22. The van der Waals surface area contributed by atoms with E-state index >= 15 is 0 Å². The van der Waals surface area contributed by atoms with Gasteiger partial charge in [0.05, 0.1) is 5.69 Å². The van der Waals surface area contributed by atoms with Crippen molar-refractivity contribution in [1.29, 1.82) is 0 Å². The molecule has 0 saturated carbocycles. The van der Waals surface area contributed by atoms with Gasteiger partial charge in [0.1, 0.15) is 0 Å². The summed E-state index contributed by atoms with van der Waals surface area (Å²) in [7, 11) is 0. The lowest BCUT2D eigenvalue weighted by molar-refractivity contribution is 0.197. The highest BCUT2D eigenvalue weighted by Gasteiger charge is 2.15. The van der Waals surface area contributed by atoms with Crippen molar-refractivity contribution in [2.45, 2.75) is 26.4 Å². The van der Waals surface area contributed by atoms with E-state index in [0.29, 0.717) is 6.04 Å². The topological polar surface area (TPSA) is 28.2 Å². The number of nitrogens with one attached hydrogen (secondary N) is 1. The number of pyridine rings is 1. The summed E-state index contributed by atoms with van der Waals surface area (Å²) in [5.41, 5.74) is 2.40. The van der Waals surface area contributed by atoms with Gasteiger partial charge in [-0.3, -0.25) is 9.88 Å². The van der Waals surface area contributed by atoms with Crippen LogP contribution in [0.15, 0.2) is 18.3 Å². The van der Waals surface area contributed by atoms with Crippen molar-refractivity contribution in [1.82, 2.24) is 15.2 Å². The normalized spacial score (nSPS) is 22.9. The molecule has 2 rings (SSSR count). The van der Waals surface area contributed by atoms with Gasteiger partial charge in [-0.15, -0.1) is 0 Å². The second-order valence-corrected chi connectivity index (χ2v) is 4.42. The van der Waals surface area contributed by atoms with Crippen molar-refractivity contribution in [3.63, 3.8) is 0 Å². The Kier molecular flexibility index (Phi) is 3.34. The Hall–Kier alpha value is -0.930. The molecule has 0 amide bonds. The Morgan fingerprint density at radius 1 is 1.53 bits per heavy atom. The highest BCUT2D eigenvalue weighted by atomic mass is 15.2. The van der Waals surface area contributed by atoms with Gasteiger partial charge in [-0.05, 0) is 25.5 Å². The van der Waals surface area contributed by atoms with Crippen molar-refractivity contribution in [3.05, 3.63) is 29.6 Å². The number of hydrogen-bond donors (Lipinski definition) is 1. The first-order valence-corrected chi connectivity index (χ1v) is 5.61. The third-order valence-electron chi connectivity index (χ3n) is 2.81. The molecule has 1 N–H and O–H groups in total. The smallest absolute Gasteiger partial charge is 0.0544 e.